The first-order valence-corrected chi connectivity index (χ1v) is 11.4. The minimum Gasteiger partial charge on any atom is -0.327 e. The molecule has 0 radical (unpaired) electrons. The lowest BCUT2D eigenvalue weighted by Crippen LogP contribution is -2.22. The summed E-state index contributed by atoms with van der Waals surface area (Å²) < 4.78 is 2.34. The Morgan fingerprint density at radius 1 is 1.07 bits per heavy atom. The fourth-order valence-corrected chi connectivity index (χ4v) is 3.95. The van der Waals surface area contributed by atoms with Gasteiger partial charge in [-0.3, -0.25) is 4.98 Å². The van der Waals surface area contributed by atoms with E-state index in [-0.39, 0.29) is 0 Å². The molecule has 5 heteroatoms. The molecular formula is C25H37N5. The summed E-state index contributed by atoms with van der Waals surface area (Å²) in [5.74, 6) is 1.83. The third-order valence-electron chi connectivity index (χ3n) is 5.45. The molecule has 0 saturated heterocycles. The van der Waals surface area contributed by atoms with Gasteiger partial charge in [-0.05, 0) is 81.9 Å². The summed E-state index contributed by atoms with van der Waals surface area (Å²) >= 11 is 0. The molecule has 1 aliphatic rings. The Morgan fingerprint density at radius 3 is 2.70 bits per heavy atom. The highest BCUT2D eigenvalue weighted by atomic mass is 15.1. The van der Waals surface area contributed by atoms with E-state index in [0.717, 1.165) is 43.9 Å². The monoisotopic (exact) mass is 407 g/mol. The summed E-state index contributed by atoms with van der Waals surface area (Å²) in [5, 5.41) is 6.70. The summed E-state index contributed by atoms with van der Waals surface area (Å²) in [6.45, 7) is 8.46. The number of hydrogen-bond donors (Lipinski definition) is 2. The van der Waals surface area contributed by atoms with E-state index in [1.54, 1.807) is 0 Å². The molecule has 3 aromatic rings. The number of aromatic nitrogens is 3. The molecule has 0 amide bonds. The van der Waals surface area contributed by atoms with Gasteiger partial charge >= 0.3 is 0 Å². The molecule has 1 aromatic carbocycles. The topological polar surface area (TPSA) is 54.8 Å². The molecule has 0 unspecified atom stereocenters. The van der Waals surface area contributed by atoms with E-state index in [1.165, 1.54) is 42.5 Å². The number of rotatable bonds is 8. The van der Waals surface area contributed by atoms with Crippen molar-refractivity contribution >= 4 is 11.0 Å². The molecule has 1 aliphatic carbocycles. The number of para-hydroxylation sites is 2. The van der Waals surface area contributed by atoms with Crippen molar-refractivity contribution in [1.29, 1.82) is 0 Å². The standard InChI is InChI=1S/C16H26N4.C9H11N/c1-13(2)11-18-9-6-10-20-15-8-5-4-7-14(15)19-16(20)12-17-3;1-2-6-9-8(4-1)5-3-7-10-9/h4-5,7-8,13,17-18H,6,9-12H2,1-3H3;3,5,7H,1-2,4,6H2. The van der Waals surface area contributed by atoms with Crippen molar-refractivity contribution in [3.05, 3.63) is 59.7 Å². The normalized spacial score (nSPS) is 13.2. The number of nitrogens with zero attached hydrogens (tertiary/aromatic N) is 3. The van der Waals surface area contributed by atoms with Crippen LogP contribution in [-0.4, -0.2) is 34.7 Å². The molecule has 0 atom stereocenters. The number of nitrogens with one attached hydrogen (secondary N) is 2. The van der Waals surface area contributed by atoms with E-state index in [1.807, 2.05) is 25.4 Å². The van der Waals surface area contributed by atoms with E-state index >= 15 is 0 Å². The quantitative estimate of drug-likeness (QED) is 0.545. The maximum Gasteiger partial charge on any atom is 0.123 e. The van der Waals surface area contributed by atoms with Gasteiger partial charge in [0, 0.05) is 18.4 Å². The van der Waals surface area contributed by atoms with Crippen LogP contribution >= 0.6 is 0 Å². The number of pyridine rings is 1. The van der Waals surface area contributed by atoms with Crippen molar-refractivity contribution in [3.8, 4) is 0 Å². The molecule has 30 heavy (non-hydrogen) atoms. The van der Waals surface area contributed by atoms with Crippen LogP contribution in [0.3, 0.4) is 0 Å². The summed E-state index contributed by atoms with van der Waals surface area (Å²) in [7, 11) is 1.97. The molecule has 2 heterocycles. The Hall–Kier alpha value is -2.24. The van der Waals surface area contributed by atoms with Crippen molar-refractivity contribution in [2.75, 3.05) is 20.1 Å². The third kappa shape index (κ3) is 6.38. The van der Waals surface area contributed by atoms with Crippen LogP contribution in [0.15, 0.2) is 42.6 Å². The SMILES string of the molecule is CNCc1nc2ccccc2n1CCCNCC(C)C.c1cnc2c(c1)CCCC2. The molecule has 0 bridgehead atoms. The fourth-order valence-electron chi connectivity index (χ4n) is 3.95. The number of imidazole rings is 1. The van der Waals surface area contributed by atoms with Gasteiger partial charge in [0.05, 0.1) is 17.6 Å². The van der Waals surface area contributed by atoms with Gasteiger partial charge in [0.15, 0.2) is 0 Å². The Morgan fingerprint density at radius 2 is 1.90 bits per heavy atom. The average Bonchev–Trinajstić information content (AvgIpc) is 3.11. The zero-order valence-electron chi connectivity index (χ0n) is 18.8. The fraction of sp³-hybridized carbons (Fsp3) is 0.520. The highest BCUT2D eigenvalue weighted by molar-refractivity contribution is 5.75. The molecule has 2 N–H and O–H groups in total. The van der Waals surface area contributed by atoms with Gasteiger partial charge in [-0.2, -0.15) is 0 Å². The zero-order chi connectivity index (χ0) is 21.2. The van der Waals surface area contributed by atoms with Crippen LogP contribution in [0.1, 0.15) is 50.2 Å². The lowest BCUT2D eigenvalue weighted by Gasteiger charge is -2.12. The molecule has 5 nitrogen and oxygen atoms in total. The first kappa shape index (κ1) is 22.4. The summed E-state index contributed by atoms with van der Waals surface area (Å²) in [6.07, 6.45) is 8.12. The van der Waals surface area contributed by atoms with Crippen LogP contribution in [-0.2, 0) is 25.9 Å². The van der Waals surface area contributed by atoms with Crippen molar-refractivity contribution in [1.82, 2.24) is 25.2 Å². The molecule has 4 rings (SSSR count). The van der Waals surface area contributed by atoms with Crippen LogP contribution < -0.4 is 10.6 Å². The van der Waals surface area contributed by atoms with E-state index in [4.69, 9.17) is 4.98 Å². The van der Waals surface area contributed by atoms with Gasteiger partial charge < -0.3 is 15.2 Å². The molecule has 162 valence electrons. The number of aryl methyl sites for hydroxylation is 3. The Bertz CT molecular complexity index is 874. The molecule has 0 aliphatic heterocycles. The maximum absolute atomic E-state index is 4.71. The van der Waals surface area contributed by atoms with Gasteiger partial charge in [0.2, 0.25) is 0 Å². The lowest BCUT2D eigenvalue weighted by molar-refractivity contribution is 0.518. The largest absolute Gasteiger partial charge is 0.327 e. The first-order valence-electron chi connectivity index (χ1n) is 11.4. The first-order chi connectivity index (χ1) is 14.7. The van der Waals surface area contributed by atoms with Crippen LogP contribution in [0.5, 0.6) is 0 Å². The van der Waals surface area contributed by atoms with Crippen molar-refractivity contribution in [2.45, 2.75) is 59.0 Å². The second-order valence-electron chi connectivity index (χ2n) is 8.47. The van der Waals surface area contributed by atoms with Crippen LogP contribution in [0, 0.1) is 5.92 Å². The summed E-state index contributed by atoms with van der Waals surface area (Å²) in [4.78, 5) is 9.03. The molecular weight excluding hydrogens is 370 g/mol. The van der Waals surface area contributed by atoms with Gasteiger partial charge in [0.1, 0.15) is 5.82 Å². The number of hydrogen-bond acceptors (Lipinski definition) is 4. The van der Waals surface area contributed by atoms with Gasteiger partial charge in [-0.1, -0.05) is 32.0 Å². The van der Waals surface area contributed by atoms with Crippen molar-refractivity contribution in [3.63, 3.8) is 0 Å². The number of fused-ring (bicyclic) bond motifs is 2. The van der Waals surface area contributed by atoms with Crippen molar-refractivity contribution in [2.24, 2.45) is 5.92 Å². The highest BCUT2D eigenvalue weighted by Gasteiger charge is 2.09. The smallest absolute Gasteiger partial charge is 0.123 e. The zero-order valence-corrected chi connectivity index (χ0v) is 18.8. The predicted octanol–water partition coefficient (Wildman–Crippen LogP) is 4.35. The Labute approximate surface area is 181 Å². The van der Waals surface area contributed by atoms with E-state index in [9.17, 15) is 0 Å². The molecule has 0 spiro atoms. The van der Waals surface area contributed by atoms with E-state index in [2.05, 4.69) is 58.3 Å². The second-order valence-corrected chi connectivity index (χ2v) is 8.47. The van der Waals surface area contributed by atoms with E-state index in [0.29, 0.717) is 5.92 Å². The van der Waals surface area contributed by atoms with Crippen LogP contribution in [0.4, 0.5) is 0 Å². The molecule has 0 saturated carbocycles. The van der Waals surface area contributed by atoms with Crippen molar-refractivity contribution < 1.29 is 0 Å². The Balaban J connectivity index is 0.000000212. The number of benzene rings is 1. The summed E-state index contributed by atoms with van der Waals surface area (Å²) in [6, 6.07) is 12.6. The minimum atomic E-state index is 0.712. The predicted molar refractivity (Wildman–Crippen MR) is 126 cm³/mol. The average molecular weight is 408 g/mol. The second kappa shape index (κ2) is 11.8. The maximum atomic E-state index is 4.71. The third-order valence-corrected chi connectivity index (χ3v) is 5.45. The van der Waals surface area contributed by atoms with E-state index < -0.39 is 0 Å². The van der Waals surface area contributed by atoms with Gasteiger partial charge in [-0.25, -0.2) is 4.98 Å². The highest BCUT2D eigenvalue weighted by Crippen LogP contribution is 2.18. The van der Waals surface area contributed by atoms with Gasteiger partial charge in [0.25, 0.3) is 0 Å². The summed E-state index contributed by atoms with van der Waals surface area (Å²) in [5.41, 5.74) is 5.12. The van der Waals surface area contributed by atoms with Gasteiger partial charge in [-0.15, -0.1) is 0 Å². The lowest BCUT2D eigenvalue weighted by atomic mass is 9.96. The molecule has 2 aromatic heterocycles. The van der Waals surface area contributed by atoms with Crippen LogP contribution in [0.2, 0.25) is 0 Å². The Kier molecular flexibility index (Phi) is 8.84. The molecule has 0 fully saturated rings. The van der Waals surface area contributed by atoms with Crippen LogP contribution in [0.25, 0.3) is 11.0 Å². The minimum absolute atomic E-state index is 0.712.